The van der Waals surface area contributed by atoms with E-state index in [1.54, 1.807) is 6.07 Å². The third-order valence-corrected chi connectivity index (χ3v) is 11.0. The number of para-hydroxylation sites is 1. The molecule has 0 bridgehead atoms. The van der Waals surface area contributed by atoms with Crippen LogP contribution in [0.2, 0.25) is 0 Å². The fourth-order valence-electron chi connectivity index (χ4n) is 8.03. The summed E-state index contributed by atoms with van der Waals surface area (Å²) in [6.07, 6.45) is 12.9. The molecule has 4 aromatic carbocycles. The maximum Gasteiger partial charge on any atom is 0.336 e. The SMILES string of the molecule is Nc1ncnc2c1c(-c1ccc(Oc3ccccc3)cc1)nn2C1CCN(CCCCCCCCCCOc2cc(O)cc3oc(=O)cc(-c4ccccc4)c23)CC1.O=CO. The summed E-state index contributed by atoms with van der Waals surface area (Å²) in [6.45, 7) is 3.48. The van der Waals surface area contributed by atoms with E-state index in [1.165, 1.54) is 50.6 Å². The Bertz CT molecular complexity index is 2540. The van der Waals surface area contributed by atoms with E-state index in [-0.39, 0.29) is 18.3 Å². The Labute approximate surface area is 354 Å². The second-order valence-corrected chi connectivity index (χ2v) is 15.2. The molecule has 1 aliphatic heterocycles. The number of aromatic hydroxyl groups is 1. The third kappa shape index (κ3) is 10.9. The number of phenols is 1. The molecule has 1 aliphatic rings. The Kier molecular flexibility index (Phi) is 14.6. The van der Waals surface area contributed by atoms with Crippen molar-refractivity contribution in [2.24, 2.45) is 0 Å². The molecule has 61 heavy (non-hydrogen) atoms. The maximum atomic E-state index is 12.3. The predicted octanol–water partition coefficient (Wildman–Crippen LogP) is 9.88. The smallest absolute Gasteiger partial charge is 0.336 e. The average Bonchev–Trinajstić information content (AvgIpc) is 3.67. The van der Waals surface area contributed by atoms with Crippen molar-refractivity contribution in [1.29, 1.82) is 0 Å². The van der Waals surface area contributed by atoms with E-state index >= 15 is 0 Å². The largest absolute Gasteiger partial charge is 0.508 e. The van der Waals surface area contributed by atoms with Crippen molar-refractivity contribution in [3.05, 3.63) is 120 Å². The Morgan fingerprint density at radius 2 is 1.41 bits per heavy atom. The van der Waals surface area contributed by atoms with Crippen molar-refractivity contribution in [1.82, 2.24) is 24.6 Å². The van der Waals surface area contributed by atoms with Crippen LogP contribution in [0.4, 0.5) is 5.82 Å². The predicted molar refractivity (Wildman–Crippen MR) is 237 cm³/mol. The van der Waals surface area contributed by atoms with Crippen molar-refractivity contribution in [2.45, 2.75) is 70.3 Å². The molecule has 13 nitrogen and oxygen atoms in total. The number of anilines is 1. The van der Waals surface area contributed by atoms with Crippen LogP contribution in [0.5, 0.6) is 23.0 Å². The van der Waals surface area contributed by atoms with Crippen LogP contribution in [0.15, 0.2) is 119 Å². The molecule has 0 amide bonds. The van der Waals surface area contributed by atoms with E-state index in [2.05, 4.69) is 19.5 Å². The molecule has 4 N–H and O–H groups in total. The molecule has 0 spiro atoms. The number of hydrogen-bond acceptors (Lipinski definition) is 11. The van der Waals surface area contributed by atoms with Crippen LogP contribution in [-0.4, -0.2) is 67.6 Å². The number of phenolic OH excluding ortho intramolecular Hbond substituents is 1. The number of benzene rings is 4. The molecule has 0 saturated carbocycles. The van der Waals surface area contributed by atoms with Crippen LogP contribution >= 0.6 is 0 Å². The minimum atomic E-state index is -0.463. The van der Waals surface area contributed by atoms with Gasteiger partial charge in [0.25, 0.3) is 6.47 Å². The number of piperidine rings is 1. The lowest BCUT2D eigenvalue weighted by Gasteiger charge is -2.32. The molecule has 0 radical (unpaired) electrons. The fourth-order valence-corrected chi connectivity index (χ4v) is 8.03. The van der Waals surface area contributed by atoms with E-state index < -0.39 is 5.63 Å². The van der Waals surface area contributed by atoms with E-state index in [4.69, 9.17) is 34.6 Å². The highest BCUT2D eigenvalue weighted by Gasteiger charge is 2.26. The zero-order valence-electron chi connectivity index (χ0n) is 34.2. The first kappa shape index (κ1) is 42.4. The van der Waals surface area contributed by atoms with Crippen LogP contribution in [-0.2, 0) is 4.79 Å². The Hall–Kier alpha value is -6.73. The van der Waals surface area contributed by atoms with Gasteiger partial charge in [0.05, 0.1) is 23.4 Å². The van der Waals surface area contributed by atoms with Crippen molar-refractivity contribution in [2.75, 3.05) is 32.0 Å². The average molecular weight is 825 g/mol. The van der Waals surface area contributed by atoms with Crippen LogP contribution in [0.3, 0.4) is 0 Å². The second-order valence-electron chi connectivity index (χ2n) is 15.2. The lowest BCUT2D eigenvalue weighted by atomic mass is 10.0. The molecular weight excluding hydrogens is 773 g/mol. The number of nitrogens with zero attached hydrogens (tertiary/aromatic N) is 5. The summed E-state index contributed by atoms with van der Waals surface area (Å²) in [5.74, 6) is 2.52. The highest BCUT2D eigenvalue weighted by molar-refractivity contribution is 5.99. The number of carboxylic acid groups (broad SMARTS) is 1. The van der Waals surface area contributed by atoms with Gasteiger partial charge in [-0.05, 0) is 74.2 Å². The molecule has 0 aliphatic carbocycles. The van der Waals surface area contributed by atoms with E-state index in [0.717, 1.165) is 96.7 Å². The minimum absolute atomic E-state index is 0.00731. The number of fused-ring (bicyclic) bond motifs is 2. The molecule has 1 fully saturated rings. The maximum absolute atomic E-state index is 12.3. The van der Waals surface area contributed by atoms with Gasteiger partial charge >= 0.3 is 5.63 Å². The fraction of sp³-hybridized carbons (Fsp3) is 0.312. The molecule has 0 atom stereocenters. The van der Waals surface area contributed by atoms with Gasteiger partial charge in [0.2, 0.25) is 0 Å². The number of nitrogen functional groups attached to an aromatic ring is 1. The zero-order valence-corrected chi connectivity index (χ0v) is 34.2. The lowest BCUT2D eigenvalue weighted by molar-refractivity contribution is -0.122. The van der Waals surface area contributed by atoms with Crippen LogP contribution in [0.25, 0.3) is 44.4 Å². The van der Waals surface area contributed by atoms with Gasteiger partial charge in [-0.25, -0.2) is 19.4 Å². The van der Waals surface area contributed by atoms with Crippen molar-refractivity contribution >= 4 is 34.3 Å². The lowest BCUT2D eigenvalue weighted by Crippen LogP contribution is -2.35. The number of unbranched alkanes of at least 4 members (excludes halogenated alkanes) is 7. The first-order valence-corrected chi connectivity index (χ1v) is 21.0. The summed E-state index contributed by atoms with van der Waals surface area (Å²) in [6, 6.07) is 32.2. The Balaban J connectivity index is 0.00000182. The van der Waals surface area contributed by atoms with E-state index in [9.17, 15) is 9.90 Å². The zero-order chi connectivity index (χ0) is 42.4. The summed E-state index contributed by atoms with van der Waals surface area (Å²) in [4.78, 5) is 32.2. The van der Waals surface area contributed by atoms with Gasteiger partial charge in [0.1, 0.15) is 46.4 Å². The van der Waals surface area contributed by atoms with Crippen molar-refractivity contribution in [3.63, 3.8) is 0 Å². The number of rotatable bonds is 17. The molecule has 1 saturated heterocycles. The minimum Gasteiger partial charge on any atom is -0.508 e. The molecular formula is C48H52N6O7. The first-order chi connectivity index (χ1) is 29.9. The molecule has 0 unspecified atom stereocenters. The molecule has 4 heterocycles. The third-order valence-electron chi connectivity index (χ3n) is 11.0. The number of nitrogens with two attached hydrogens (primary N) is 1. The number of carbonyl (C=O) groups is 1. The highest BCUT2D eigenvalue weighted by Crippen LogP contribution is 2.38. The van der Waals surface area contributed by atoms with Gasteiger partial charge in [-0.2, -0.15) is 5.10 Å². The highest BCUT2D eigenvalue weighted by atomic mass is 16.5. The van der Waals surface area contributed by atoms with Gasteiger partial charge < -0.3 is 34.7 Å². The monoisotopic (exact) mass is 824 g/mol. The standard InChI is InChI=1S/C47H50N6O5.CH2O2/c48-46-44-45(34-19-21-38(22-20-34)57-37-17-11-8-12-18-37)51-53(47(44)50-32-49-46)35-23-26-52(27-24-35)25-13-5-3-1-2-4-6-14-28-56-40-29-36(54)30-41-43(40)39(31-42(55)58-41)33-15-9-7-10-16-33;2-1-3/h7-12,15-22,29-32,35,54H,1-6,13-14,23-28H2,(H2,48,49,50);1H,(H,2,3). The molecule has 7 aromatic rings. The van der Waals surface area contributed by atoms with Gasteiger partial charge in [-0.15, -0.1) is 0 Å². The molecule has 13 heteroatoms. The first-order valence-electron chi connectivity index (χ1n) is 21.0. The molecule has 8 rings (SSSR count). The van der Waals surface area contributed by atoms with E-state index in [1.807, 2.05) is 84.9 Å². The topological polar surface area (TPSA) is 179 Å². The van der Waals surface area contributed by atoms with Crippen LogP contribution < -0.4 is 20.8 Å². The van der Waals surface area contributed by atoms with Crippen LogP contribution in [0, 0.1) is 0 Å². The molecule has 316 valence electrons. The summed E-state index contributed by atoms with van der Waals surface area (Å²) in [5.41, 5.74) is 10.4. The van der Waals surface area contributed by atoms with Gasteiger partial charge in [0.15, 0.2) is 5.65 Å². The Morgan fingerprint density at radius 1 is 0.770 bits per heavy atom. The summed E-state index contributed by atoms with van der Waals surface area (Å²) >= 11 is 0. The summed E-state index contributed by atoms with van der Waals surface area (Å²) < 4.78 is 19.7. The normalized spacial score (nSPS) is 13.2. The molecule has 3 aromatic heterocycles. The van der Waals surface area contributed by atoms with Crippen molar-refractivity contribution in [3.8, 4) is 45.4 Å². The van der Waals surface area contributed by atoms with Crippen molar-refractivity contribution < 1.29 is 28.9 Å². The van der Waals surface area contributed by atoms with Gasteiger partial charge in [-0.1, -0.05) is 87.1 Å². The van der Waals surface area contributed by atoms with Crippen LogP contribution in [0.1, 0.15) is 70.3 Å². The number of ether oxygens (including phenoxy) is 2. The second kappa shape index (κ2) is 21.0. The number of aromatic nitrogens is 4. The Morgan fingerprint density at radius 3 is 2.11 bits per heavy atom. The van der Waals surface area contributed by atoms with Gasteiger partial charge in [0, 0.05) is 42.4 Å². The quantitative estimate of drug-likeness (QED) is 0.0450. The summed E-state index contributed by atoms with van der Waals surface area (Å²) in [7, 11) is 0. The summed E-state index contributed by atoms with van der Waals surface area (Å²) in [5, 5.41) is 23.8. The van der Waals surface area contributed by atoms with Gasteiger partial charge in [-0.3, -0.25) is 4.79 Å². The van der Waals surface area contributed by atoms with E-state index in [0.29, 0.717) is 29.1 Å². The number of hydrogen-bond donors (Lipinski definition) is 3. The number of likely N-dealkylation sites (tertiary alicyclic amines) is 1.